The van der Waals surface area contributed by atoms with Crippen LogP contribution in [0.25, 0.3) is 5.69 Å². The third kappa shape index (κ3) is 4.14. The number of carbonyl (C=O) groups is 2. The van der Waals surface area contributed by atoms with Crippen LogP contribution in [0.4, 0.5) is 5.69 Å². The van der Waals surface area contributed by atoms with Crippen LogP contribution in [0, 0.1) is 13.8 Å². The van der Waals surface area contributed by atoms with Gasteiger partial charge in [0.2, 0.25) is 0 Å². The molecule has 0 bridgehead atoms. The first-order chi connectivity index (χ1) is 13.7. The average Bonchev–Trinajstić information content (AvgIpc) is 2.94. The largest absolute Gasteiger partial charge is 0.506 e. The fourth-order valence-corrected chi connectivity index (χ4v) is 3.21. The van der Waals surface area contributed by atoms with Crippen molar-refractivity contribution in [1.82, 2.24) is 4.57 Å². The molecule has 0 atom stereocenters. The van der Waals surface area contributed by atoms with Crippen molar-refractivity contribution in [2.24, 2.45) is 4.99 Å². The Morgan fingerprint density at radius 2 is 1.62 bits per heavy atom. The van der Waals surface area contributed by atoms with E-state index in [0.29, 0.717) is 16.4 Å². The summed E-state index contributed by atoms with van der Waals surface area (Å²) in [6.45, 7) is 3.63. The van der Waals surface area contributed by atoms with Crippen LogP contribution in [-0.2, 0) is 0 Å². The molecule has 3 aromatic rings. The number of hydrogen-bond donors (Lipinski definition) is 3. The van der Waals surface area contributed by atoms with E-state index in [9.17, 15) is 24.9 Å². The van der Waals surface area contributed by atoms with Gasteiger partial charge in [-0.3, -0.25) is 4.99 Å². The lowest BCUT2D eigenvalue weighted by molar-refractivity contribution is 0.0696. The minimum absolute atomic E-state index is 0.0529. The van der Waals surface area contributed by atoms with Gasteiger partial charge in [0.1, 0.15) is 11.4 Å². The molecule has 0 fully saturated rings. The van der Waals surface area contributed by atoms with Crippen molar-refractivity contribution in [3.05, 3.63) is 75.6 Å². The minimum Gasteiger partial charge on any atom is -0.506 e. The van der Waals surface area contributed by atoms with Crippen molar-refractivity contribution in [2.75, 3.05) is 0 Å². The van der Waals surface area contributed by atoms with Crippen LogP contribution in [0.3, 0.4) is 0 Å². The molecule has 3 N–H and O–H groups in total. The summed E-state index contributed by atoms with van der Waals surface area (Å²) in [5.74, 6) is -2.48. The number of hydrogen-bond acceptors (Lipinski definition) is 4. The summed E-state index contributed by atoms with van der Waals surface area (Å²) in [4.78, 5) is 27.1. The van der Waals surface area contributed by atoms with Gasteiger partial charge < -0.3 is 19.9 Å². The van der Waals surface area contributed by atoms with Crippen LogP contribution in [-0.4, -0.2) is 38.0 Å². The average molecular weight is 413 g/mol. The molecule has 8 heteroatoms. The second-order valence-corrected chi connectivity index (χ2v) is 6.87. The number of carboxylic acid groups (broad SMARTS) is 2. The maximum Gasteiger partial charge on any atom is 0.335 e. The highest BCUT2D eigenvalue weighted by molar-refractivity contribution is 6.30. The van der Waals surface area contributed by atoms with Gasteiger partial charge in [0.15, 0.2) is 0 Å². The molecule has 1 aromatic heterocycles. The van der Waals surface area contributed by atoms with Crippen LogP contribution in [0.15, 0.2) is 47.5 Å². The number of aryl methyl sites for hydroxylation is 1. The van der Waals surface area contributed by atoms with E-state index < -0.39 is 11.9 Å². The first-order valence-corrected chi connectivity index (χ1v) is 8.88. The first-order valence-electron chi connectivity index (χ1n) is 8.51. The maximum atomic E-state index is 11.4. The topological polar surface area (TPSA) is 112 Å². The van der Waals surface area contributed by atoms with E-state index in [1.807, 2.05) is 19.9 Å². The monoisotopic (exact) mass is 412 g/mol. The lowest BCUT2D eigenvalue weighted by atomic mass is 10.1. The molecule has 0 saturated carbocycles. The number of nitrogens with zero attached hydrogens (tertiary/aromatic N) is 2. The Balaban J connectivity index is 2.07. The summed E-state index contributed by atoms with van der Waals surface area (Å²) < 4.78 is 1.75. The molecule has 1 heterocycles. The van der Waals surface area contributed by atoms with Gasteiger partial charge in [-0.25, -0.2) is 9.59 Å². The molecule has 0 unspecified atom stereocenters. The fourth-order valence-electron chi connectivity index (χ4n) is 3.05. The van der Waals surface area contributed by atoms with Crippen LogP contribution < -0.4 is 0 Å². The zero-order valence-corrected chi connectivity index (χ0v) is 16.3. The smallest absolute Gasteiger partial charge is 0.335 e. The molecule has 0 amide bonds. The van der Waals surface area contributed by atoms with Gasteiger partial charge in [0.05, 0.1) is 11.1 Å². The van der Waals surface area contributed by atoms with Crippen LogP contribution >= 0.6 is 11.6 Å². The van der Waals surface area contributed by atoms with E-state index >= 15 is 0 Å². The highest BCUT2D eigenvalue weighted by Crippen LogP contribution is 2.29. The van der Waals surface area contributed by atoms with E-state index in [1.165, 1.54) is 18.2 Å². The Hall–Kier alpha value is -3.58. The number of aromatic hydroxyl groups is 1. The molecule has 148 valence electrons. The highest BCUT2D eigenvalue weighted by atomic mass is 35.5. The van der Waals surface area contributed by atoms with Crippen molar-refractivity contribution in [2.45, 2.75) is 13.8 Å². The quantitative estimate of drug-likeness (QED) is 0.530. The lowest BCUT2D eigenvalue weighted by Crippen LogP contribution is -2.07. The Morgan fingerprint density at radius 1 is 1.00 bits per heavy atom. The van der Waals surface area contributed by atoms with Crippen LogP contribution in [0.5, 0.6) is 5.75 Å². The Labute approximate surface area is 171 Å². The number of aliphatic imine (C=N–C) groups is 1. The predicted octanol–water partition coefficient (Wildman–Crippen LogP) is 4.60. The van der Waals surface area contributed by atoms with Crippen LogP contribution in [0.1, 0.15) is 37.7 Å². The molecule has 0 aliphatic rings. The Bertz CT molecular complexity index is 1130. The molecule has 29 heavy (non-hydrogen) atoms. The summed E-state index contributed by atoms with van der Waals surface area (Å²) in [6, 6.07) is 10.4. The Morgan fingerprint density at radius 3 is 2.17 bits per heavy atom. The summed E-state index contributed by atoms with van der Waals surface area (Å²) in [7, 11) is 0. The van der Waals surface area contributed by atoms with Crippen molar-refractivity contribution < 1.29 is 24.9 Å². The molecule has 0 spiro atoms. The van der Waals surface area contributed by atoms with E-state index in [-0.39, 0.29) is 16.9 Å². The zero-order chi connectivity index (χ0) is 21.3. The lowest BCUT2D eigenvalue weighted by Gasteiger charge is -2.12. The van der Waals surface area contributed by atoms with Gasteiger partial charge >= 0.3 is 11.9 Å². The van der Waals surface area contributed by atoms with Crippen molar-refractivity contribution in [1.29, 1.82) is 0 Å². The summed E-state index contributed by atoms with van der Waals surface area (Å²) in [6.07, 6.45) is 1.57. The molecular weight excluding hydrogens is 396 g/mol. The van der Waals surface area contributed by atoms with E-state index in [1.54, 1.807) is 22.9 Å². The number of benzene rings is 2. The fraction of sp³-hybridized carbons (Fsp3) is 0.0952. The number of rotatable bonds is 5. The Kier molecular flexibility index (Phi) is 5.43. The molecule has 0 saturated heterocycles. The molecule has 0 aliphatic heterocycles. The SMILES string of the molecule is Cc1cc(C=Nc2ccc(Cl)cc2O)c(C)n1-c1cc(C(=O)O)cc(C(=O)O)c1. The summed E-state index contributed by atoms with van der Waals surface area (Å²) >= 11 is 5.82. The van der Waals surface area contributed by atoms with Crippen molar-refractivity contribution in [3.8, 4) is 11.4 Å². The van der Waals surface area contributed by atoms with Gasteiger partial charge in [0, 0.05) is 39.9 Å². The van der Waals surface area contributed by atoms with Crippen LogP contribution in [0.2, 0.25) is 5.02 Å². The van der Waals surface area contributed by atoms with Gasteiger partial charge in [0.25, 0.3) is 0 Å². The number of carboxylic acids is 2. The van der Waals surface area contributed by atoms with Gasteiger partial charge in [-0.05, 0) is 50.2 Å². The number of halogens is 1. The van der Waals surface area contributed by atoms with Gasteiger partial charge in [-0.15, -0.1) is 0 Å². The van der Waals surface area contributed by atoms with Crippen molar-refractivity contribution in [3.63, 3.8) is 0 Å². The molecule has 0 radical (unpaired) electrons. The summed E-state index contributed by atoms with van der Waals surface area (Å²) in [5.41, 5.74) is 2.77. The molecule has 2 aromatic carbocycles. The number of phenols is 1. The highest BCUT2D eigenvalue weighted by Gasteiger charge is 2.16. The van der Waals surface area contributed by atoms with E-state index in [2.05, 4.69) is 4.99 Å². The molecule has 7 nitrogen and oxygen atoms in total. The second-order valence-electron chi connectivity index (χ2n) is 6.43. The second kappa shape index (κ2) is 7.81. The first kappa shape index (κ1) is 20.2. The number of aromatic nitrogens is 1. The summed E-state index contributed by atoms with van der Waals surface area (Å²) in [5, 5.41) is 28.9. The molecular formula is C21H17ClN2O5. The minimum atomic E-state index is -1.21. The van der Waals surface area contributed by atoms with E-state index in [4.69, 9.17) is 11.6 Å². The van der Waals surface area contributed by atoms with Gasteiger partial charge in [-0.1, -0.05) is 11.6 Å². The van der Waals surface area contributed by atoms with Gasteiger partial charge in [-0.2, -0.15) is 0 Å². The molecule has 0 aliphatic carbocycles. The number of aromatic carboxylic acids is 2. The molecule has 3 rings (SSSR count). The zero-order valence-electron chi connectivity index (χ0n) is 15.5. The standard InChI is InChI=1S/C21H17ClN2O5/c1-11-5-15(10-23-18-4-3-16(22)9-19(18)25)12(2)24(11)17-7-13(20(26)27)6-14(8-17)21(28)29/h3-10,25H,1-2H3,(H,26,27)(H,28,29). The van der Waals surface area contributed by atoms with Crippen molar-refractivity contribution >= 4 is 35.4 Å². The number of phenolic OH excluding ortho intramolecular Hbond substituents is 1. The normalized spacial score (nSPS) is 11.1. The maximum absolute atomic E-state index is 11.4. The third-order valence-electron chi connectivity index (χ3n) is 4.42. The van der Waals surface area contributed by atoms with E-state index in [0.717, 1.165) is 23.0 Å². The predicted molar refractivity (Wildman–Crippen MR) is 110 cm³/mol. The third-order valence-corrected chi connectivity index (χ3v) is 4.66.